The zero-order valence-corrected chi connectivity index (χ0v) is 18.9. The minimum absolute atomic E-state index is 0.0172. The van der Waals surface area contributed by atoms with E-state index in [-0.39, 0.29) is 17.7 Å². The zero-order valence-electron chi connectivity index (χ0n) is 18.9. The molecule has 0 bridgehead atoms. The molecule has 1 N–H and O–H groups in total. The van der Waals surface area contributed by atoms with E-state index in [9.17, 15) is 9.59 Å². The SMILES string of the molecule is COc1ccccc1Oc1ccc(NC(=O)C2CCN(C(=O)c3ccccc3C)CC2)cc1. The highest BCUT2D eigenvalue weighted by Crippen LogP contribution is 2.31. The van der Waals surface area contributed by atoms with Crippen LogP contribution in [0.3, 0.4) is 0 Å². The van der Waals surface area contributed by atoms with Gasteiger partial charge in [0, 0.05) is 30.3 Å². The van der Waals surface area contributed by atoms with Gasteiger partial charge in [-0.15, -0.1) is 0 Å². The van der Waals surface area contributed by atoms with Gasteiger partial charge in [-0.2, -0.15) is 0 Å². The van der Waals surface area contributed by atoms with E-state index in [1.54, 1.807) is 7.11 Å². The second-order valence-electron chi connectivity index (χ2n) is 8.15. The van der Waals surface area contributed by atoms with Gasteiger partial charge in [0.2, 0.25) is 5.91 Å². The predicted octanol–water partition coefficient (Wildman–Crippen LogP) is 5.29. The molecule has 0 aromatic heterocycles. The summed E-state index contributed by atoms with van der Waals surface area (Å²) in [5.74, 6) is 1.84. The maximum absolute atomic E-state index is 12.8. The second kappa shape index (κ2) is 10.2. The molecule has 0 saturated carbocycles. The van der Waals surface area contributed by atoms with Crippen LogP contribution in [0.1, 0.15) is 28.8 Å². The number of nitrogens with one attached hydrogen (secondary N) is 1. The van der Waals surface area contributed by atoms with E-state index in [2.05, 4.69) is 5.32 Å². The molecule has 1 saturated heterocycles. The second-order valence-corrected chi connectivity index (χ2v) is 8.15. The van der Waals surface area contributed by atoms with Gasteiger partial charge < -0.3 is 19.7 Å². The summed E-state index contributed by atoms with van der Waals surface area (Å²) < 4.78 is 11.2. The van der Waals surface area contributed by atoms with Gasteiger partial charge in [-0.1, -0.05) is 30.3 Å². The van der Waals surface area contributed by atoms with Crippen molar-refractivity contribution >= 4 is 17.5 Å². The van der Waals surface area contributed by atoms with E-state index in [4.69, 9.17) is 9.47 Å². The third-order valence-electron chi connectivity index (χ3n) is 5.95. The summed E-state index contributed by atoms with van der Waals surface area (Å²) in [5, 5.41) is 2.99. The van der Waals surface area contributed by atoms with Gasteiger partial charge in [0.1, 0.15) is 5.75 Å². The smallest absolute Gasteiger partial charge is 0.254 e. The lowest BCUT2D eigenvalue weighted by Gasteiger charge is -2.31. The summed E-state index contributed by atoms with van der Waals surface area (Å²) in [6.07, 6.45) is 1.30. The number of carbonyl (C=O) groups excluding carboxylic acids is 2. The third-order valence-corrected chi connectivity index (χ3v) is 5.95. The Morgan fingerprint density at radius 2 is 1.52 bits per heavy atom. The number of nitrogens with zero attached hydrogens (tertiary/aromatic N) is 1. The Hall–Kier alpha value is -3.80. The van der Waals surface area contributed by atoms with Crippen LogP contribution in [0.15, 0.2) is 72.8 Å². The van der Waals surface area contributed by atoms with Crippen molar-refractivity contribution in [1.29, 1.82) is 0 Å². The van der Waals surface area contributed by atoms with E-state index in [1.807, 2.05) is 84.6 Å². The molecule has 1 heterocycles. The van der Waals surface area contributed by atoms with Crippen LogP contribution in [-0.4, -0.2) is 36.9 Å². The summed E-state index contributed by atoms with van der Waals surface area (Å²) in [5.41, 5.74) is 2.42. The normalized spacial score (nSPS) is 13.9. The summed E-state index contributed by atoms with van der Waals surface area (Å²) in [7, 11) is 1.60. The van der Waals surface area contributed by atoms with Crippen LogP contribution < -0.4 is 14.8 Å². The lowest BCUT2D eigenvalue weighted by molar-refractivity contribution is -0.121. The van der Waals surface area contributed by atoms with Crippen LogP contribution in [0.2, 0.25) is 0 Å². The Morgan fingerprint density at radius 1 is 0.879 bits per heavy atom. The van der Waals surface area contributed by atoms with Crippen LogP contribution in [0.25, 0.3) is 0 Å². The highest BCUT2D eigenvalue weighted by atomic mass is 16.5. The fraction of sp³-hybridized carbons (Fsp3) is 0.259. The zero-order chi connectivity index (χ0) is 23.2. The van der Waals surface area contributed by atoms with Gasteiger partial charge in [-0.3, -0.25) is 9.59 Å². The highest BCUT2D eigenvalue weighted by Gasteiger charge is 2.28. The Kier molecular flexibility index (Phi) is 6.93. The molecule has 33 heavy (non-hydrogen) atoms. The van der Waals surface area contributed by atoms with Gasteiger partial charge in [0.15, 0.2) is 11.5 Å². The van der Waals surface area contributed by atoms with E-state index in [1.165, 1.54) is 0 Å². The molecule has 4 rings (SSSR count). The summed E-state index contributed by atoms with van der Waals surface area (Å²) in [6.45, 7) is 3.11. The Balaban J connectivity index is 1.30. The monoisotopic (exact) mass is 444 g/mol. The average molecular weight is 445 g/mol. The fourth-order valence-electron chi connectivity index (χ4n) is 4.01. The lowest BCUT2D eigenvalue weighted by atomic mass is 9.95. The molecule has 0 radical (unpaired) electrons. The van der Waals surface area contributed by atoms with Crippen molar-refractivity contribution in [2.24, 2.45) is 5.92 Å². The molecule has 0 atom stereocenters. The first-order valence-electron chi connectivity index (χ1n) is 11.1. The number of hydrogen-bond acceptors (Lipinski definition) is 4. The van der Waals surface area contributed by atoms with Crippen molar-refractivity contribution in [3.05, 3.63) is 83.9 Å². The molecule has 3 aromatic carbocycles. The maximum atomic E-state index is 12.8. The minimum atomic E-state index is -0.115. The molecule has 3 aromatic rings. The summed E-state index contributed by atoms with van der Waals surface area (Å²) in [6, 6.07) is 22.3. The van der Waals surface area contributed by atoms with Crippen molar-refractivity contribution in [2.45, 2.75) is 19.8 Å². The highest BCUT2D eigenvalue weighted by molar-refractivity contribution is 5.96. The topological polar surface area (TPSA) is 67.9 Å². The number of piperidine rings is 1. The molecule has 1 fully saturated rings. The van der Waals surface area contributed by atoms with Crippen molar-refractivity contribution in [2.75, 3.05) is 25.5 Å². The molecule has 1 aliphatic rings. The number of rotatable bonds is 6. The molecule has 6 heteroatoms. The predicted molar refractivity (Wildman–Crippen MR) is 128 cm³/mol. The van der Waals surface area contributed by atoms with Crippen LogP contribution in [0.4, 0.5) is 5.69 Å². The molecule has 0 aliphatic carbocycles. The van der Waals surface area contributed by atoms with E-state index >= 15 is 0 Å². The van der Waals surface area contributed by atoms with Gasteiger partial charge in [0.25, 0.3) is 5.91 Å². The number of likely N-dealkylation sites (tertiary alicyclic amines) is 1. The molecule has 1 aliphatic heterocycles. The van der Waals surface area contributed by atoms with Gasteiger partial charge in [0.05, 0.1) is 7.11 Å². The van der Waals surface area contributed by atoms with Crippen LogP contribution in [-0.2, 0) is 4.79 Å². The number of benzene rings is 3. The number of para-hydroxylation sites is 2. The Labute approximate surface area is 194 Å². The Morgan fingerprint density at radius 3 is 2.18 bits per heavy atom. The molecular formula is C27H28N2O4. The number of ether oxygens (including phenoxy) is 2. The van der Waals surface area contributed by atoms with E-state index in [0.717, 1.165) is 11.1 Å². The quantitative estimate of drug-likeness (QED) is 0.561. The van der Waals surface area contributed by atoms with Crippen LogP contribution >= 0.6 is 0 Å². The van der Waals surface area contributed by atoms with Gasteiger partial charge in [-0.25, -0.2) is 0 Å². The van der Waals surface area contributed by atoms with Gasteiger partial charge >= 0.3 is 0 Å². The first-order valence-corrected chi connectivity index (χ1v) is 11.1. The summed E-state index contributed by atoms with van der Waals surface area (Å²) >= 11 is 0. The largest absolute Gasteiger partial charge is 0.493 e. The summed E-state index contributed by atoms with van der Waals surface area (Å²) in [4.78, 5) is 27.4. The van der Waals surface area contributed by atoms with Crippen molar-refractivity contribution in [1.82, 2.24) is 4.90 Å². The molecule has 170 valence electrons. The minimum Gasteiger partial charge on any atom is -0.493 e. The lowest BCUT2D eigenvalue weighted by Crippen LogP contribution is -2.41. The van der Waals surface area contributed by atoms with Crippen molar-refractivity contribution in [3.63, 3.8) is 0 Å². The number of aryl methyl sites for hydroxylation is 1. The number of carbonyl (C=O) groups is 2. The van der Waals surface area contributed by atoms with Gasteiger partial charge in [-0.05, 0) is 67.8 Å². The fourth-order valence-corrected chi connectivity index (χ4v) is 4.01. The molecule has 0 unspecified atom stereocenters. The van der Waals surface area contributed by atoms with Crippen molar-refractivity contribution in [3.8, 4) is 17.2 Å². The van der Waals surface area contributed by atoms with Crippen molar-refractivity contribution < 1.29 is 19.1 Å². The third kappa shape index (κ3) is 5.34. The van der Waals surface area contributed by atoms with E-state index in [0.29, 0.717) is 48.9 Å². The first-order chi connectivity index (χ1) is 16.0. The van der Waals surface area contributed by atoms with E-state index < -0.39 is 0 Å². The molecule has 6 nitrogen and oxygen atoms in total. The number of hydrogen-bond donors (Lipinski definition) is 1. The maximum Gasteiger partial charge on any atom is 0.254 e. The standard InChI is InChI=1S/C27H28N2O4/c1-19-7-3-4-8-23(19)27(31)29-17-15-20(16-18-29)26(30)28-21-11-13-22(14-12-21)33-25-10-6-5-9-24(25)32-2/h3-14,20H,15-18H2,1-2H3,(H,28,30). The molecule has 2 amide bonds. The van der Waals surface area contributed by atoms with Crippen LogP contribution in [0.5, 0.6) is 17.2 Å². The van der Waals surface area contributed by atoms with Crippen LogP contribution in [0, 0.1) is 12.8 Å². The number of amides is 2. The Bertz CT molecular complexity index is 1120. The number of anilines is 1. The molecular weight excluding hydrogens is 416 g/mol. The average Bonchev–Trinajstić information content (AvgIpc) is 2.85. The molecule has 0 spiro atoms. The number of methoxy groups -OCH3 is 1. The first kappa shape index (κ1) is 22.4.